The molecule has 8 heteroatoms. The number of halogens is 3. The van der Waals surface area contributed by atoms with E-state index in [9.17, 15) is 13.2 Å². The van der Waals surface area contributed by atoms with Crippen LogP contribution in [-0.4, -0.2) is 29.6 Å². The second-order valence-corrected chi connectivity index (χ2v) is 5.27. The average Bonchev–Trinajstić information content (AvgIpc) is 3.09. The monoisotopic (exact) mass is 350 g/mol. The van der Waals surface area contributed by atoms with E-state index in [0.717, 1.165) is 11.1 Å². The van der Waals surface area contributed by atoms with Gasteiger partial charge in [-0.2, -0.15) is 13.2 Å². The van der Waals surface area contributed by atoms with Crippen molar-refractivity contribution in [2.75, 3.05) is 13.2 Å². The van der Waals surface area contributed by atoms with Crippen molar-refractivity contribution in [2.45, 2.75) is 12.7 Å². The standard InChI is InChI=1S/C17H15F3N3O2/c18-17(19,20)12-24-11-10-23-8-6-14(7-9-23)16-22-21-15(25-16)13-4-2-1-3-5-13/h1-9H,10-12H2/q+1. The predicted molar refractivity (Wildman–Crippen MR) is 82.2 cm³/mol. The van der Waals surface area contributed by atoms with Crippen molar-refractivity contribution in [1.29, 1.82) is 0 Å². The van der Waals surface area contributed by atoms with E-state index in [0.29, 0.717) is 18.3 Å². The highest BCUT2D eigenvalue weighted by Crippen LogP contribution is 2.22. The van der Waals surface area contributed by atoms with E-state index in [4.69, 9.17) is 4.42 Å². The Kier molecular flexibility index (Phi) is 5.08. The van der Waals surface area contributed by atoms with Crippen LogP contribution in [0.2, 0.25) is 0 Å². The van der Waals surface area contributed by atoms with Crippen LogP contribution < -0.4 is 4.57 Å². The van der Waals surface area contributed by atoms with Gasteiger partial charge < -0.3 is 9.15 Å². The SMILES string of the molecule is FC(F)(F)COCC[n+]1ccc(-c2nnc(-c3ccccc3)o2)cc1. The zero-order valence-corrected chi connectivity index (χ0v) is 13.1. The molecule has 25 heavy (non-hydrogen) atoms. The van der Waals surface area contributed by atoms with Gasteiger partial charge in [-0.3, -0.25) is 0 Å². The van der Waals surface area contributed by atoms with Gasteiger partial charge in [0.05, 0.1) is 5.56 Å². The topological polar surface area (TPSA) is 52.0 Å². The highest BCUT2D eigenvalue weighted by atomic mass is 19.4. The molecule has 0 amide bonds. The van der Waals surface area contributed by atoms with Gasteiger partial charge in [0.25, 0.3) is 0 Å². The van der Waals surface area contributed by atoms with Gasteiger partial charge >= 0.3 is 6.18 Å². The number of ether oxygens (including phenoxy) is 1. The van der Waals surface area contributed by atoms with E-state index < -0.39 is 12.8 Å². The fourth-order valence-electron chi connectivity index (χ4n) is 2.14. The fraction of sp³-hybridized carbons (Fsp3) is 0.235. The fourth-order valence-corrected chi connectivity index (χ4v) is 2.14. The summed E-state index contributed by atoms with van der Waals surface area (Å²) in [6.07, 6.45) is -0.861. The Morgan fingerprint density at radius 3 is 2.12 bits per heavy atom. The number of rotatable bonds is 6. The smallest absolute Gasteiger partial charge is 0.411 e. The van der Waals surface area contributed by atoms with Gasteiger partial charge in [0.1, 0.15) is 13.2 Å². The van der Waals surface area contributed by atoms with Crippen LogP contribution in [0.25, 0.3) is 22.9 Å². The minimum Gasteiger partial charge on any atom is -0.416 e. The van der Waals surface area contributed by atoms with Crippen molar-refractivity contribution < 1.29 is 26.9 Å². The molecule has 0 bridgehead atoms. The van der Waals surface area contributed by atoms with Crippen molar-refractivity contribution >= 4 is 0 Å². The van der Waals surface area contributed by atoms with Crippen molar-refractivity contribution in [2.24, 2.45) is 0 Å². The molecule has 0 atom stereocenters. The lowest BCUT2D eigenvalue weighted by atomic mass is 10.2. The van der Waals surface area contributed by atoms with Gasteiger partial charge in [0.15, 0.2) is 18.9 Å². The van der Waals surface area contributed by atoms with Gasteiger partial charge in [0, 0.05) is 17.7 Å². The molecule has 3 aromatic rings. The van der Waals surface area contributed by atoms with E-state index in [-0.39, 0.29) is 6.61 Å². The molecule has 0 radical (unpaired) electrons. The van der Waals surface area contributed by atoms with Gasteiger partial charge in [-0.05, 0) is 12.1 Å². The van der Waals surface area contributed by atoms with Gasteiger partial charge in [-0.15, -0.1) is 10.2 Å². The van der Waals surface area contributed by atoms with E-state index >= 15 is 0 Å². The minimum absolute atomic E-state index is 0.0256. The summed E-state index contributed by atoms with van der Waals surface area (Å²) in [6.45, 7) is -0.951. The van der Waals surface area contributed by atoms with Crippen LogP contribution in [0.5, 0.6) is 0 Å². The van der Waals surface area contributed by atoms with Gasteiger partial charge in [-0.1, -0.05) is 18.2 Å². The first-order chi connectivity index (χ1) is 12.0. The molecule has 0 unspecified atom stereocenters. The summed E-state index contributed by atoms with van der Waals surface area (Å²) >= 11 is 0. The number of aromatic nitrogens is 3. The lowest BCUT2D eigenvalue weighted by Gasteiger charge is -2.05. The first-order valence-electron chi connectivity index (χ1n) is 7.54. The second-order valence-electron chi connectivity index (χ2n) is 5.27. The summed E-state index contributed by atoms with van der Waals surface area (Å²) in [5, 5.41) is 8.04. The quantitative estimate of drug-likeness (QED) is 0.506. The summed E-state index contributed by atoms with van der Waals surface area (Å²) < 4.78 is 47.9. The minimum atomic E-state index is -4.30. The van der Waals surface area contributed by atoms with Gasteiger partial charge in [-0.25, -0.2) is 4.57 Å². The van der Waals surface area contributed by atoms with Crippen LogP contribution in [-0.2, 0) is 11.3 Å². The zero-order chi connectivity index (χ0) is 17.7. The van der Waals surface area contributed by atoms with E-state index in [1.165, 1.54) is 0 Å². The average molecular weight is 350 g/mol. The number of hydrogen-bond donors (Lipinski definition) is 0. The molecule has 130 valence electrons. The van der Waals surface area contributed by atoms with Gasteiger partial charge in [0.2, 0.25) is 11.8 Å². The maximum absolute atomic E-state index is 12.0. The van der Waals surface area contributed by atoms with E-state index in [1.807, 2.05) is 30.3 Å². The third-order valence-corrected chi connectivity index (χ3v) is 3.34. The first kappa shape index (κ1) is 17.1. The number of benzene rings is 1. The molecule has 0 saturated carbocycles. The van der Waals surface area contributed by atoms with Crippen LogP contribution in [0, 0.1) is 0 Å². The second kappa shape index (κ2) is 7.43. The van der Waals surface area contributed by atoms with Crippen LogP contribution >= 0.6 is 0 Å². The first-order valence-corrected chi connectivity index (χ1v) is 7.54. The maximum atomic E-state index is 12.0. The summed E-state index contributed by atoms with van der Waals surface area (Å²) in [5.41, 5.74) is 1.55. The largest absolute Gasteiger partial charge is 0.416 e. The molecular weight excluding hydrogens is 335 g/mol. The Bertz CT molecular complexity index is 802. The summed E-state index contributed by atoms with van der Waals surface area (Å²) in [7, 11) is 0. The number of nitrogens with zero attached hydrogens (tertiary/aromatic N) is 3. The zero-order valence-electron chi connectivity index (χ0n) is 13.1. The summed E-state index contributed by atoms with van der Waals surface area (Å²) in [4.78, 5) is 0. The molecule has 0 N–H and O–H groups in total. The highest BCUT2D eigenvalue weighted by Gasteiger charge is 2.27. The molecule has 1 aromatic carbocycles. The van der Waals surface area contributed by atoms with Crippen molar-refractivity contribution in [3.63, 3.8) is 0 Å². The van der Waals surface area contributed by atoms with Crippen LogP contribution in [0.15, 0.2) is 59.3 Å². The molecule has 0 aliphatic heterocycles. The molecule has 0 saturated heterocycles. The Balaban J connectivity index is 1.60. The molecule has 0 fully saturated rings. The summed E-state index contributed by atoms with van der Waals surface area (Å²) in [6, 6.07) is 12.9. The maximum Gasteiger partial charge on any atom is 0.411 e. The molecule has 0 aliphatic rings. The molecular formula is C17H15F3N3O2+. The highest BCUT2D eigenvalue weighted by molar-refractivity contribution is 5.56. The lowest BCUT2D eigenvalue weighted by Crippen LogP contribution is -2.35. The Morgan fingerprint density at radius 1 is 0.920 bits per heavy atom. The lowest BCUT2D eigenvalue weighted by molar-refractivity contribution is -0.698. The van der Waals surface area contributed by atoms with Crippen molar-refractivity contribution in [3.8, 4) is 22.9 Å². The number of pyridine rings is 1. The molecule has 2 aromatic heterocycles. The van der Waals surface area contributed by atoms with E-state index in [2.05, 4.69) is 14.9 Å². The van der Waals surface area contributed by atoms with Crippen molar-refractivity contribution in [3.05, 3.63) is 54.9 Å². The molecule has 0 aliphatic carbocycles. The Labute approximate surface area is 141 Å². The molecule has 0 spiro atoms. The third-order valence-electron chi connectivity index (χ3n) is 3.34. The molecule has 3 rings (SSSR count). The predicted octanol–water partition coefficient (Wildman–Crippen LogP) is 3.27. The number of alkyl halides is 3. The van der Waals surface area contributed by atoms with Crippen LogP contribution in [0.1, 0.15) is 0 Å². The van der Waals surface area contributed by atoms with Crippen molar-refractivity contribution in [1.82, 2.24) is 10.2 Å². The summed E-state index contributed by atoms with van der Waals surface area (Å²) in [5.74, 6) is 0.798. The molecule has 2 heterocycles. The molecule has 5 nitrogen and oxygen atoms in total. The van der Waals surface area contributed by atoms with Crippen LogP contribution in [0.4, 0.5) is 13.2 Å². The Hall–Kier alpha value is -2.74. The third kappa shape index (κ3) is 4.87. The Morgan fingerprint density at radius 2 is 1.52 bits per heavy atom. The normalized spacial score (nSPS) is 11.6. The van der Waals surface area contributed by atoms with E-state index in [1.54, 1.807) is 29.1 Å². The van der Waals surface area contributed by atoms with Crippen LogP contribution in [0.3, 0.4) is 0 Å². The number of hydrogen-bond acceptors (Lipinski definition) is 4.